The van der Waals surface area contributed by atoms with E-state index in [1.807, 2.05) is 36.4 Å². The molecule has 5 N–H and O–H groups in total. The molecule has 2 aromatic carbocycles. The summed E-state index contributed by atoms with van der Waals surface area (Å²) in [6.07, 6.45) is 3.27. The number of nitrogen functional groups attached to an aromatic ring is 1. The number of hydrogen-bond acceptors (Lipinski definition) is 6. The molecule has 0 aliphatic rings. The summed E-state index contributed by atoms with van der Waals surface area (Å²) in [5, 5.41) is 11.1. The van der Waals surface area contributed by atoms with Crippen molar-refractivity contribution in [1.29, 1.82) is 5.41 Å². The van der Waals surface area contributed by atoms with Crippen molar-refractivity contribution < 1.29 is 4.74 Å². The maximum absolute atomic E-state index is 7.56. The molecule has 0 atom stereocenters. The number of nitrogens with one attached hydrogen (secondary N) is 1. The van der Waals surface area contributed by atoms with Gasteiger partial charge in [-0.3, -0.25) is 5.41 Å². The molecule has 0 bridgehead atoms. The SMILES string of the molecule is COc1cc(C(=N)N)ccc1-c1ccnc(-c2ccc(C=NN)cc2)n1. The Kier molecular flexibility index (Phi) is 4.89. The molecule has 1 heterocycles. The number of methoxy groups -OCH3 is 1. The van der Waals surface area contributed by atoms with Crippen molar-refractivity contribution in [2.24, 2.45) is 16.7 Å². The fourth-order valence-corrected chi connectivity index (χ4v) is 2.52. The van der Waals surface area contributed by atoms with E-state index in [2.05, 4.69) is 15.1 Å². The summed E-state index contributed by atoms with van der Waals surface area (Å²) in [7, 11) is 1.57. The normalized spacial score (nSPS) is 10.8. The Morgan fingerprint density at radius 1 is 1.15 bits per heavy atom. The summed E-state index contributed by atoms with van der Waals surface area (Å²) < 4.78 is 5.44. The van der Waals surface area contributed by atoms with E-state index in [0.29, 0.717) is 17.1 Å². The fourth-order valence-electron chi connectivity index (χ4n) is 2.52. The average molecular weight is 346 g/mol. The third-order valence-electron chi connectivity index (χ3n) is 3.84. The Morgan fingerprint density at radius 2 is 1.92 bits per heavy atom. The average Bonchev–Trinajstić information content (AvgIpc) is 2.68. The standard InChI is InChI=1S/C19H18N6O/c1-26-17-10-14(18(20)21)6-7-15(17)16-8-9-23-19(25-16)13-4-2-12(3-5-13)11-24-22/h2-11H,22H2,1H3,(H3,20,21). The number of nitrogens with two attached hydrogens (primary N) is 2. The minimum absolute atomic E-state index is 0.0145. The van der Waals surface area contributed by atoms with Crippen molar-refractivity contribution in [2.75, 3.05) is 7.11 Å². The molecule has 7 nitrogen and oxygen atoms in total. The van der Waals surface area contributed by atoms with Crippen LogP contribution in [0.15, 0.2) is 59.8 Å². The van der Waals surface area contributed by atoms with Crippen molar-refractivity contribution >= 4 is 12.1 Å². The molecule has 130 valence electrons. The van der Waals surface area contributed by atoms with Crippen LogP contribution in [-0.4, -0.2) is 29.1 Å². The number of benzene rings is 2. The number of hydrazone groups is 1. The minimum atomic E-state index is -0.0145. The molecule has 0 fully saturated rings. The van der Waals surface area contributed by atoms with E-state index >= 15 is 0 Å². The second kappa shape index (κ2) is 7.43. The molecule has 7 heteroatoms. The Bertz CT molecular complexity index is 966. The monoisotopic (exact) mass is 346 g/mol. The lowest BCUT2D eigenvalue weighted by Gasteiger charge is -2.11. The second-order valence-electron chi connectivity index (χ2n) is 5.49. The van der Waals surface area contributed by atoms with Gasteiger partial charge in [-0.25, -0.2) is 9.97 Å². The van der Waals surface area contributed by atoms with Crippen molar-refractivity contribution in [3.63, 3.8) is 0 Å². The van der Waals surface area contributed by atoms with Gasteiger partial charge in [-0.1, -0.05) is 30.3 Å². The maximum Gasteiger partial charge on any atom is 0.159 e. The summed E-state index contributed by atoms with van der Waals surface area (Å²) in [6, 6.07) is 14.7. The van der Waals surface area contributed by atoms with Gasteiger partial charge in [0.05, 0.1) is 19.0 Å². The highest BCUT2D eigenvalue weighted by atomic mass is 16.5. The summed E-state index contributed by atoms with van der Waals surface area (Å²) in [4.78, 5) is 8.99. The zero-order valence-electron chi connectivity index (χ0n) is 14.2. The zero-order valence-corrected chi connectivity index (χ0v) is 14.2. The van der Waals surface area contributed by atoms with E-state index in [1.54, 1.807) is 31.7 Å². The van der Waals surface area contributed by atoms with Gasteiger partial charge in [0.15, 0.2) is 5.82 Å². The summed E-state index contributed by atoms with van der Waals surface area (Å²) in [6.45, 7) is 0. The van der Waals surface area contributed by atoms with Crippen LogP contribution < -0.4 is 16.3 Å². The zero-order chi connectivity index (χ0) is 18.5. The topological polar surface area (TPSA) is 123 Å². The highest BCUT2D eigenvalue weighted by Gasteiger charge is 2.11. The van der Waals surface area contributed by atoms with Crippen LogP contribution in [0.4, 0.5) is 0 Å². The van der Waals surface area contributed by atoms with Gasteiger partial charge in [-0.2, -0.15) is 5.10 Å². The first-order valence-electron chi connectivity index (χ1n) is 7.82. The van der Waals surface area contributed by atoms with Gasteiger partial charge in [0.2, 0.25) is 0 Å². The number of amidine groups is 1. The number of rotatable bonds is 5. The molecular formula is C19H18N6O. The van der Waals surface area contributed by atoms with Crippen LogP contribution in [0.1, 0.15) is 11.1 Å². The third-order valence-corrected chi connectivity index (χ3v) is 3.84. The number of aromatic nitrogens is 2. The Morgan fingerprint density at radius 3 is 2.58 bits per heavy atom. The molecular weight excluding hydrogens is 328 g/mol. The van der Waals surface area contributed by atoms with E-state index < -0.39 is 0 Å². The number of nitrogens with zero attached hydrogens (tertiary/aromatic N) is 3. The summed E-state index contributed by atoms with van der Waals surface area (Å²) >= 11 is 0. The van der Waals surface area contributed by atoms with Crippen LogP contribution in [0.3, 0.4) is 0 Å². The highest BCUT2D eigenvalue weighted by Crippen LogP contribution is 2.30. The first kappa shape index (κ1) is 17.1. The molecule has 0 amide bonds. The molecule has 3 rings (SSSR count). The lowest BCUT2D eigenvalue weighted by atomic mass is 10.1. The molecule has 0 saturated carbocycles. The van der Waals surface area contributed by atoms with Gasteiger partial charge in [0.1, 0.15) is 11.6 Å². The van der Waals surface area contributed by atoms with E-state index in [4.69, 9.17) is 21.7 Å². The highest BCUT2D eigenvalue weighted by molar-refractivity contribution is 5.96. The minimum Gasteiger partial charge on any atom is -0.496 e. The van der Waals surface area contributed by atoms with E-state index in [9.17, 15) is 0 Å². The van der Waals surface area contributed by atoms with Crippen LogP contribution >= 0.6 is 0 Å². The van der Waals surface area contributed by atoms with Gasteiger partial charge >= 0.3 is 0 Å². The lowest BCUT2D eigenvalue weighted by Crippen LogP contribution is -2.11. The molecule has 0 saturated heterocycles. The van der Waals surface area contributed by atoms with Crippen LogP contribution in [0, 0.1) is 5.41 Å². The first-order chi connectivity index (χ1) is 12.6. The lowest BCUT2D eigenvalue weighted by molar-refractivity contribution is 0.416. The maximum atomic E-state index is 7.56. The van der Waals surface area contributed by atoms with Crippen molar-refractivity contribution in [3.8, 4) is 28.4 Å². The molecule has 0 spiro atoms. The van der Waals surface area contributed by atoms with E-state index in [-0.39, 0.29) is 5.84 Å². The smallest absolute Gasteiger partial charge is 0.159 e. The van der Waals surface area contributed by atoms with Crippen molar-refractivity contribution in [3.05, 3.63) is 65.9 Å². The van der Waals surface area contributed by atoms with Gasteiger partial charge < -0.3 is 16.3 Å². The number of hydrogen-bond donors (Lipinski definition) is 3. The Hall–Kier alpha value is -3.74. The second-order valence-corrected chi connectivity index (χ2v) is 5.49. The predicted octanol–water partition coefficient (Wildman–Crippen LogP) is 2.40. The molecule has 0 unspecified atom stereocenters. The molecule has 26 heavy (non-hydrogen) atoms. The first-order valence-corrected chi connectivity index (χ1v) is 7.82. The van der Waals surface area contributed by atoms with Crippen LogP contribution in [0.2, 0.25) is 0 Å². The van der Waals surface area contributed by atoms with Gasteiger partial charge in [-0.05, 0) is 23.8 Å². The Labute approximate surface area is 150 Å². The van der Waals surface area contributed by atoms with Crippen LogP contribution in [0.25, 0.3) is 22.6 Å². The van der Waals surface area contributed by atoms with E-state index in [0.717, 1.165) is 22.4 Å². The predicted molar refractivity (Wildman–Crippen MR) is 102 cm³/mol. The van der Waals surface area contributed by atoms with Crippen molar-refractivity contribution in [1.82, 2.24) is 9.97 Å². The quantitative estimate of drug-likeness (QED) is 0.283. The van der Waals surface area contributed by atoms with Gasteiger partial charge in [0, 0.05) is 22.9 Å². The van der Waals surface area contributed by atoms with Crippen LogP contribution in [-0.2, 0) is 0 Å². The van der Waals surface area contributed by atoms with Gasteiger partial charge in [0.25, 0.3) is 0 Å². The third kappa shape index (κ3) is 3.51. The molecule has 3 aromatic rings. The number of ether oxygens (including phenoxy) is 1. The van der Waals surface area contributed by atoms with Crippen molar-refractivity contribution in [2.45, 2.75) is 0 Å². The molecule has 0 radical (unpaired) electrons. The largest absolute Gasteiger partial charge is 0.496 e. The van der Waals surface area contributed by atoms with Gasteiger partial charge in [-0.15, -0.1) is 0 Å². The summed E-state index contributed by atoms with van der Waals surface area (Å²) in [5.41, 5.74) is 9.43. The molecule has 1 aromatic heterocycles. The molecule has 0 aliphatic heterocycles. The summed E-state index contributed by atoms with van der Waals surface area (Å²) in [5.74, 6) is 6.34. The molecule has 0 aliphatic carbocycles. The fraction of sp³-hybridized carbons (Fsp3) is 0.0526. The van der Waals surface area contributed by atoms with Crippen LogP contribution in [0.5, 0.6) is 5.75 Å². The van der Waals surface area contributed by atoms with E-state index in [1.165, 1.54) is 0 Å². The Balaban J connectivity index is 2.00.